The summed E-state index contributed by atoms with van der Waals surface area (Å²) in [5.41, 5.74) is 2.55. The van der Waals surface area contributed by atoms with Gasteiger partial charge in [0.15, 0.2) is 4.87 Å². The molecule has 1 saturated heterocycles. The van der Waals surface area contributed by atoms with Crippen molar-refractivity contribution in [1.29, 1.82) is 0 Å². The first-order valence-corrected chi connectivity index (χ1v) is 11.4. The van der Waals surface area contributed by atoms with Gasteiger partial charge < -0.3 is 9.80 Å². The van der Waals surface area contributed by atoms with E-state index >= 15 is 0 Å². The molecule has 2 amide bonds. The molecule has 2 aliphatic heterocycles. The summed E-state index contributed by atoms with van der Waals surface area (Å²) in [6, 6.07) is 23.4. The summed E-state index contributed by atoms with van der Waals surface area (Å²) in [6.07, 6.45) is 0. The molecule has 0 aliphatic carbocycles. The first-order valence-electron chi connectivity index (χ1n) is 10.6. The Morgan fingerprint density at radius 2 is 1.62 bits per heavy atom. The fourth-order valence-electron chi connectivity index (χ4n) is 4.66. The molecule has 5 rings (SSSR count). The maximum absolute atomic E-state index is 14.6. The summed E-state index contributed by atoms with van der Waals surface area (Å²) in [5, 5.41) is 0. The van der Waals surface area contributed by atoms with Crippen LogP contribution in [-0.2, 0) is 16.2 Å². The number of anilines is 1. The third kappa shape index (κ3) is 3.13. The summed E-state index contributed by atoms with van der Waals surface area (Å²) in [6.45, 7) is 4.78. The van der Waals surface area contributed by atoms with Crippen LogP contribution in [0.25, 0.3) is 0 Å². The van der Waals surface area contributed by atoms with Gasteiger partial charge in [-0.05, 0) is 37.6 Å². The molecule has 1 fully saturated rings. The molecule has 0 unspecified atom stereocenters. The number of thioether (sulfide) groups is 1. The number of benzene rings is 3. The topological polar surface area (TPSA) is 40.6 Å². The zero-order valence-electron chi connectivity index (χ0n) is 17.9. The van der Waals surface area contributed by atoms with Crippen LogP contribution >= 0.6 is 11.8 Å². The van der Waals surface area contributed by atoms with Crippen LogP contribution in [0, 0.1) is 5.82 Å². The molecule has 3 aromatic carbocycles. The van der Waals surface area contributed by atoms with Gasteiger partial charge in [0, 0.05) is 16.9 Å². The number of fused-ring (bicyclic) bond motifs is 2. The van der Waals surface area contributed by atoms with E-state index in [0.717, 1.165) is 16.8 Å². The smallest absolute Gasteiger partial charge is 0.268 e. The van der Waals surface area contributed by atoms with Crippen LogP contribution < -0.4 is 4.90 Å². The van der Waals surface area contributed by atoms with Crippen molar-refractivity contribution in [1.82, 2.24) is 4.90 Å². The maximum Gasteiger partial charge on any atom is 0.268 e. The Hall–Kier alpha value is -3.12. The fourth-order valence-corrected chi connectivity index (χ4v) is 6.39. The van der Waals surface area contributed by atoms with Gasteiger partial charge >= 0.3 is 0 Å². The quantitative estimate of drug-likeness (QED) is 0.556. The van der Waals surface area contributed by atoms with Crippen LogP contribution in [0.2, 0.25) is 0 Å². The van der Waals surface area contributed by atoms with Crippen molar-refractivity contribution < 1.29 is 14.0 Å². The highest BCUT2D eigenvalue weighted by Crippen LogP contribution is 2.60. The van der Waals surface area contributed by atoms with Crippen LogP contribution in [0.4, 0.5) is 10.1 Å². The zero-order chi connectivity index (χ0) is 22.5. The molecule has 2 aliphatic rings. The lowest BCUT2D eigenvalue weighted by Gasteiger charge is -2.33. The molecule has 162 valence electrons. The van der Waals surface area contributed by atoms with Crippen LogP contribution in [0.3, 0.4) is 0 Å². The Morgan fingerprint density at radius 1 is 0.969 bits per heavy atom. The van der Waals surface area contributed by atoms with E-state index < -0.39 is 16.6 Å². The Labute approximate surface area is 191 Å². The van der Waals surface area contributed by atoms with Crippen molar-refractivity contribution in [2.24, 2.45) is 0 Å². The molecule has 4 nitrogen and oxygen atoms in total. The molecule has 0 bridgehead atoms. The summed E-state index contributed by atoms with van der Waals surface area (Å²) >= 11 is 1.47. The standard InChI is InChI=1S/C26H23FN2O2S/c1-25(2)17-29(23(30)19-12-6-8-14-21(19)27)26(32-25)20-13-7-9-15-22(20)28(24(26)31)16-18-10-4-3-5-11-18/h3-15H,16-17H2,1-2H3/t26-/m1/s1. The highest BCUT2D eigenvalue weighted by atomic mass is 32.2. The van der Waals surface area contributed by atoms with E-state index in [0.29, 0.717) is 13.1 Å². The average Bonchev–Trinajstić information content (AvgIpc) is 3.21. The molecule has 6 heteroatoms. The highest BCUT2D eigenvalue weighted by molar-refractivity contribution is 8.02. The van der Waals surface area contributed by atoms with E-state index in [-0.39, 0.29) is 16.2 Å². The minimum absolute atomic E-state index is 0.0167. The van der Waals surface area contributed by atoms with Gasteiger partial charge in [0.2, 0.25) is 0 Å². The van der Waals surface area contributed by atoms with Gasteiger partial charge in [-0.25, -0.2) is 4.39 Å². The summed E-state index contributed by atoms with van der Waals surface area (Å²) < 4.78 is 14.2. The molecule has 3 aromatic rings. The second-order valence-electron chi connectivity index (χ2n) is 8.77. The Bertz CT molecular complexity index is 1210. The maximum atomic E-state index is 14.6. The first kappa shape index (κ1) is 20.8. The minimum Gasteiger partial charge on any atom is -0.310 e. The van der Waals surface area contributed by atoms with E-state index in [4.69, 9.17) is 0 Å². The Kier molecular flexibility index (Phi) is 4.86. The van der Waals surface area contributed by atoms with Crippen molar-refractivity contribution in [2.45, 2.75) is 30.0 Å². The number of rotatable bonds is 3. The molecule has 0 aromatic heterocycles. The Morgan fingerprint density at radius 3 is 2.38 bits per heavy atom. The number of carbonyl (C=O) groups is 2. The van der Waals surface area contributed by atoms with Gasteiger partial charge in [0.05, 0.1) is 17.8 Å². The van der Waals surface area contributed by atoms with Crippen LogP contribution in [0.15, 0.2) is 78.9 Å². The van der Waals surface area contributed by atoms with Crippen molar-refractivity contribution >= 4 is 29.3 Å². The number of carbonyl (C=O) groups excluding carboxylic acids is 2. The minimum atomic E-state index is -1.23. The first-order chi connectivity index (χ1) is 15.3. The summed E-state index contributed by atoms with van der Waals surface area (Å²) in [4.78, 5) is 29.9. The van der Waals surface area contributed by atoms with Gasteiger partial charge in [-0.2, -0.15) is 0 Å². The Balaban J connectivity index is 1.65. The van der Waals surface area contributed by atoms with Crippen molar-refractivity contribution in [2.75, 3.05) is 11.4 Å². The number of para-hydroxylation sites is 1. The molecule has 0 N–H and O–H groups in total. The molecular formula is C26H23FN2O2S. The second-order valence-corrected chi connectivity index (χ2v) is 10.7. The van der Waals surface area contributed by atoms with E-state index in [9.17, 15) is 14.0 Å². The predicted octanol–water partition coefficient (Wildman–Crippen LogP) is 5.19. The number of nitrogens with zero attached hydrogens (tertiary/aromatic N) is 2. The molecule has 1 spiro atoms. The number of hydrogen-bond donors (Lipinski definition) is 0. The lowest BCUT2D eigenvalue weighted by molar-refractivity contribution is -0.123. The van der Waals surface area contributed by atoms with Crippen LogP contribution in [-0.4, -0.2) is 28.0 Å². The molecule has 1 atom stereocenters. The number of halogens is 1. The molecule has 2 heterocycles. The predicted molar refractivity (Wildman–Crippen MR) is 125 cm³/mol. The summed E-state index contributed by atoms with van der Waals surface area (Å²) in [5.74, 6) is -1.21. The largest absolute Gasteiger partial charge is 0.310 e. The van der Waals surface area contributed by atoms with E-state index in [1.807, 2.05) is 68.4 Å². The normalized spacial score (nSPS) is 21.3. The fraction of sp³-hybridized carbons (Fsp3) is 0.231. The number of hydrogen-bond acceptors (Lipinski definition) is 3. The van der Waals surface area contributed by atoms with Gasteiger partial charge in [-0.3, -0.25) is 9.59 Å². The van der Waals surface area contributed by atoms with Gasteiger partial charge in [0.1, 0.15) is 5.82 Å². The lowest BCUT2D eigenvalue weighted by Crippen LogP contribution is -2.50. The van der Waals surface area contributed by atoms with E-state index in [1.165, 1.54) is 23.9 Å². The van der Waals surface area contributed by atoms with E-state index in [2.05, 4.69) is 0 Å². The molecule has 0 radical (unpaired) electrons. The van der Waals surface area contributed by atoms with Crippen molar-refractivity contribution in [3.05, 3.63) is 101 Å². The molecular weight excluding hydrogens is 423 g/mol. The average molecular weight is 447 g/mol. The monoisotopic (exact) mass is 446 g/mol. The van der Waals surface area contributed by atoms with Gasteiger partial charge in [-0.15, -0.1) is 11.8 Å². The van der Waals surface area contributed by atoms with Crippen LogP contribution in [0.1, 0.15) is 35.3 Å². The van der Waals surface area contributed by atoms with E-state index in [1.54, 1.807) is 21.9 Å². The highest BCUT2D eigenvalue weighted by Gasteiger charge is 2.63. The molecule has 0 saturated carbocycles. The summed E-state index contributed by atoms with van der Waals surface area (Å²) in [7, 11) is 0. The lowest BCUT2D eigenvalue weighted by atomic mass is 10.0. The third-order valence-electron chi connectivity index (χ3n) is 5.97. The molecule has 32 heavy (non-hydrogen) atoms. The SMILES string of the molecule is CC1(C)CN(C(=O)c2ccccc2F)[C@]2(S1)C(=O)N(Cc1ccccc1)c1ccccc12. The van der Waals surface area contributed by atoms with Crippen molar-refractivity contribution in [3.63, 3.8) is 0 Å². The van der Waals surface area contributed by atoms with Crippen molar-refractivity contribution in [3.8, 4) is 0 Å². The second kappa shape index (κ2) is 7.48. The number of amides is 2. The third-order valence-corrected chi connectivity index (χ3v) is 7.56. The van der Waals surface area contributed by atoms with Gasteiger partial charge in [0.25, 0.3) is 11.8 Å². The zero-order valence-corrected chi connectivity index (χ0v) is 18.7. The van der Waals surface area contributed by atoms with Gasteiger partial charge in [-0.1, -0.05) is 60.7 Å². The van der Waals surface area contributed by atoms with Crippen LogP contribution in [0.5, 0.6) is 0 Å².